The molecule has 1 fully saturated rings. The van der Waals surface area contributed by atoms with Crippen LogP contribution in [0, 0.1) is 0 Å². The van der Waals surface area contributed by atoms with E-state index >= 15 is 0 Å². The highest BCUT2D eigenvalue weighted by Gasteiger charge is 2.52. The van der Waals surface area contributed by atoms with Gasteiger partial charge in [0, 0.05) is 5.56 Å². The van der Waals surface area contributed by atoms with Crippen LogP contribution >= 0.6 is 8.25 Å². The Morgan fingerprint density at radius 1 is 1.19 bits per heavy atom. The number of hydrogen-bond donors (Lipinski definition) is 3. The van der Waals surface area contributed by atoms with Crippen LogP contribution in [0.5, 0.6) is 0 Å². The second kappa shape index (κ2) is 10.7. The summed E-state index contributed by atoms with van der Waals surface area (Å²) in [6.07, 6.45) is -0.870. The lowest BCUT2D eigenvalue weighted by Crippen LogP contribution is -2.49. The summed E-state index contributed by atoms with van der Waals surface area (Å²) in [6, 6.07) is 8.70. The third-order valence-corrected chi connectivity index (χ3v) is 11.8. The maximum absolute atomic E-state index is 12.7. The highest BCUT2D eigenvalue weighted by Crippen LogP contribution is 2.44. The molecule has 0 spiro atoms. The molecule has 200 valence electrons. The van der Waals surface area contributed by atoms with Crippen molar-refractivity contribution in [2.45, 2.75) is 63.4 Å². The molecule has 0 saturated carbocycles. The molecule has 1 unspecified atom stereocenters. The summed E-state index contributed by atoms with van der Waals surface area (Å²) in [4.78, 5) is 35.2. The number of nitrogens with zero attached hydrogens (tertiary/aromatic N) is 4. The molecule has 0 aliphatic carbocycles. The van der Waals surface area contributed by atoms with E-state index in [-0.39, 0.29) is 16.8 Å². The van der Waals surface area contributed by atoms with Crippen molar-refractivity contribution < 1.29 is 33.0 Å². The van der Waals surface area contributed by atoms with Crippen LogP contribution in [0.1, 0.15) is 37.4 Å². The molecule has 1 aliphatic rings. The second-order valence-electron chi connectivity index (χ2n) is 10.3. The van der Waals surface area contributed by atoms with Crippen LogP contribution < -0.4 is 5.32 Å². The first-order chi connectivity index (χ1) is 17.4. The molecule has 0 radical (unpaired) electrons. The van der Waals surface area contributed by atoms with Crippen molar-refractivity contribution in [3.8, 4) is 0 Å². The predicted molar refractivity (Wildman–Crippen MR) is 139 cm³/mol. The molecule has 37 heavy (non-hydrogen) atoms. The van der Waals surface area contributed by atoms with Gasteiger partial charge in [-0.2, -0.15) is 0 Å². The maximum atomic E-state index is 12.7. The fourth-order valence-corrected chi connectivity index (χ4v) is 5.68. The van der Waals surface area contributed by atoms with Crippen LogP contribution in [0.4, 0.5) is 5.82 Å². The number of ether oxygens (including phenoxy) is 1. The van der Waals surface area contributed by atoms with Gasteiger partial charge >= 0.3 is 8.25 Å². The molecule has 14 heteroatoms. The highest BCUT2D eigenvalue weighted by molar-refractivity contribution is 7.32. The van der Waals surface area contributed by atoms with Gasteiger partial charge < -0.3 is 29.0 Å². The predicted octanol–water partition coefficient (Wildman–Crippen LogP) is 3.13. The number of rotatable bonds is 8. The highest BCUT2D eigenvalue weighted by atomic mass is 31.1. The lowest BCUT2D eigenvalue weighted by atomic mass is 10.1. The number of imidazole rings is 1. The number of aliphatic hydroxyl groups is 1. The standard InChI is InChI=1S/C23H32N5O7PSi/c1-23(2,3)37(4,5)35-18-17(34-36(31)32)15(11-29)33-22(18)28-13-26-16-19(24-12-25-20(16)28)27-21(30)14-9-7-6-8-10-14/h6-10,12-13,15,17-18,22,29,36H,11H2,1-5H3,(H,31,32)(H,24,25,27,30)/t15-,17-,18-,22-/m1/s1. The van der Waals surface area contributed by atoms with E-state index in [1.54, 1.807) is 28.8 Å². The number of anilines is 1. The minimum atomic E-state index is -3.37. The Morgan fingerprint density at radius 3 is 2.51 bits per heavy atom. The van der Waals surface area contributed by atoms with Crippen LogP contribution in [-0.2, 0) is 18.3 Å². The summed E-state index contributed by atoms with van der Waals surface area (Å²) in [5.41, 5.74) is 1.13. The van der Waals surface area contributed by atoms with Gasteiger partial charge in [-0.15, -0.1) is 0 Å². The Balaban J connectivity index is 1.72. The molecule has 4 rings (SSSR count). The van der Waals surface area contributed by atoms with E-state index in [2.05, 4.69) is 41.0 Å². The first-order valence-electron chi connectivity index (χ1n) is 11.8. The normalized spacial score (nSPS) is 23.3. The fourth-order valence-electron chi connectivity index (χ4n) is 3.88. The van der Waals surface area contributed by atoms with Crippen LogP contribution in [0.15, 0.2) is 43.0 Å². The van der Waals surface area contributed by atoms with Gasteiger partial charge in [0.25, 0.3) is 5.91 Å². The SMILES string of the molecule is CC(C)(C)[Si](C)(C)O[C@@H]1[C@H](O[PH](=O)O)[C@@H](CO)O[C@H]1n1cnc2c(NC(=O)c3ccccc3)ncnc21. The minimum Gasteiger partial charge on any atom is -0.407 e. The topological polar surface area (TPSA) is 158 Å². The van der Waals surface area contributed by atoms with Gasteiger partial charge in [-0.25, -0.2) is 15.0 Å². The minimum absolute atomic E-state index is 0.183. The van der Waals surface area contributed by atoms with E-state index in [9.17, 15) is 19.4 Å². The number of carbonyl (C=O) groups excluding carboxylic acids is 1. The van der Waals surface area contributed by atoms with Gasteiger partial charge in [-0.1, -0.05) is 39.0 Å². The summed E-state index contributed by atoms with van der Waals surface area (Å²) < 4.78 is 31.4. The number of fused-ring (bicyclic) bond motifs is 1. The molecule has 1 aliphatic heterocycles. The van der Waals surface area contributed by atoms with Crippen molar-refractivity contribution in [1.82, 2.24) is 19.5 Å². The molecule has 3 heterocycles. The Labute approximate surface area is 216 Å². The molecular weight excluding hydrogens is 517 g/mol. The molecule has 1 saturated heterocycles. The quantitative estimate of drug-likeness (QED) is 0.282. The van der Waals surface area contributed by atoms with E-state index in [1.807, 2.05) is 19.2 Å². The summed E-state index contributed by atoms with van der Waals surface area (Å²) in [7, 11) is -5.80. The van der Waals surface area contributed by atoms with Gasteiger partial charge in [-0.05, 0) is 30.3 Å². The number of carbonyl (C=O) groups is 1. The summed E-state index contributed by atoms with van der Waals surface area (Å²) >= 11 is 0. The Bertz CT molecular complexity index is 1280. The van der Waals surface area contributed by atoms with Crippen molar-refractivity contribution >= 4 is 39.5 Å². The van der Waals surface area contributed by atoms with Gasteiger partial charge in [0.15, 0.2) is 31.5 Å². The first kappa shape index (κ1) is 27.5. The molecule has 1 aromatic carbocycles. The molecule has 12 nitrogen and oxygen atoms in total. The third-order valence-electron chi connectivity index (χ3n) is 6.84. The smallest absolute Gasteiger partial charge is 0.317 e. The fraction of sp³-hybridized carbons (Fsp3) is 0.478. The molecule has 2 aromatic heterocycles. The monoisotopic (exact) mass is 549 g/mol. The second-order valence-corrected chi connectivity index (χ2v) is 15.8. The Kier molecular flexibility index (Phi) is 7.95. The van der Waals surface area contributed by atoms with Crippen molar-refractivity contribution in [3.05, 3.63) is 48.5 Å². The maximum Gasteiger partial charge on any atom is 0.317 e. The van der Waals surface area contributed by atoms with Crippen LogP contribution in [0.25, 0.3) is 11.2 Å². The zero-order valence-corrected chi connectivity index (χ0v) is 23.3. The number of aliphatic hydroxyl groups excluding tert-OH is 1. The average molecular weight is 550 g/mol. The number of nitrogens with one attached hydrogen (secondary N) is 1. The van der Waals surface area contributed by atoms with Gasteiger partial charge in [0.1, 0.15) is 24.6 Å². The number of aromatic nitrogens is 4. The number of hydrogen-bond acceptors (Lipinski definition) is 9. The Morgan fingerprint density at radius 2 is 1.89 bits per heavy atom. The Hall–Kier alpha value is -2.51. The number of benzene rings is 1. The van der Waals surface area contributed by atoms with E-state index < -0.39 is 47.7 Å². The summed E-state index contributed by atoms with van der Waals surface area (Å²) in [6.45, 7) is 9.84. The van der Waals surface area contributed by atoms with E-state index in [0.29, 0.717) is 16.7 Å². The lowest BCUT2D eigenvalue weighted by Gasteiger charge is -2.40. The van der Waals surface area contributed by atoms with Crippen molar-refractivity contribution in [2.75, 3.05) is 11.9 Å². The number of amides is 1. The summed E-state index contributed by atoms with van der Waals surface area (Å²) in [5.74, 6) is -0.141. The molecule has 0 bridgehead atoms. The van der Waals surface area contributed by atoms with Crippen molar-refractivity contribution in [2.24, 2.45) is 0 Å². The van der Waals surface area contributed by atoms with E-state index in [4.69, 9.17) is 13.7 Å². The van der Waals surface area contributed by atoms with Crippen LogP contribution in [0.3, 0.4) is 0 Å². The first-order valence-corrected chi connectivity index (χ1v) is 16.0. The van der Waals surface area contributed by atoms with Crippen LogP contribution in [0.2, 0.25) is 18.1 Å². The third kappa shape index (κ3) is 5.67. The summed E-state index contributed by atoms with van der Waals surface area (Å²) in [5, 5.41) is 12.6. The van der Waals surface area contributed by atoms with Gasteiger partial charge in [-0.3, -0.25) is 13.9 Å². The average Bonchev–Trinajstić information content (AvgIpc) is 3.40. The zero-order chi connectivity index (χ0) is 27.0. The largest absolute Gasteiger partial charge is 0.407 e. The molecular formula is C23H32N5O7PSi. The van der Waals surface area contributed by atoms with Crippen molar-refractivity contribution in [1.29, 1.82) is 0 Å². The molecule has 3 N–H and O–H groups in total. The van der Waals surface area contributed by atoms with Crippen molar-refractivity contribution in [3.63, 3.8) is 0 Å². The van der Waals surface area contributed by atoms with E-state index in [0.717, 1.165) is 0 Å². The van der Waals surface area contributed by atoms with Crippen LogP contribution in [-0.4, -0.2) is 68.7 Å². The van der Waals surface area contributed by atoms with E-state index in [1.165, 1.54) is 12.7 Å². The van der Waals surface area contributed by atoms with Gasteiger partial charge in [0.2, 0.25) is 0 Å². The van der Waals surface area contributed by atoms with Gasteiger partial charge in [0.05, 0.1) is 12.9 Å². The molecule has 3 aromatic rings. The molecule has 1 amide bonds. The lowest BCUT2D eigenvalue weighted by molar-refractivity contribution is -0.0487. The molecule has 5 atom stereocenters. The zero-order valence-electron chi connectivity index (χ0n) is 21.3.